The summed E-state index contributed by atoms with van der Waals surface area (Å²) >= 11 is 11.5. The maximum Gasteiger partial charge on any atom is 0.261 e. The molecule has 2 aliphatic heterocycles. The van der Waals surface area contributed by atoms with E-state index in [2.05, 4.69) is 5.32 Å². The molecule has 128 valence electrons. The predicted molar refractivity (Wildman–Crippen MR) is 102 cm³/mol. The highest BCUT2D eigenvalue weighted by Gasteiger charge is 2.67. The third-order valence-corrected chi connectivity index (χ3v) is 5.64. The summed E-state index contributed by atoms with van der Waals surface area (Å²) in [5.74, 6) is -0.101. The Kier molecular flexibility index (Phi) is 3.40. The molecule has 1 fully saturated rings. The first-order valence-electron chi connectivity index (χ1n) is 7.96. The first-order chi connectivity index (χ1) is 11.8. The van der Waals surface area contributed by atoms with E-state index in [9.17, 15) is 4.79 Å². The number of carbonyl (C=O) groups is 1. The molecule has 4 rings (SSSR count). The number of amides is 1. The largest absolute Gasteiger partial charge is 0.456 e. The van der Waals surface area contributed by atoms with Gasteiger partial charge in [-0.15, -0.1) is 0 Å². The Morgan fingerprint density at radius 3 is 2.72 bits per heavy atom. The predicted octanol–water partition coefficient (Wildman–Crippen LogP) is 3.64. The summed E-state index contributed by atoms with van der Waals surface area (Å²) in [6, 6.07) is 13.3. The molecule has 0 unspecified atom stereocenters. The maximum absolute atomic E-state index is 13.4. The van der Waals surface area contributed by atoms with Crippen molar-refractivity contribution in [2.24, 2.45) is 0 Å². The monoisotopic (exact) mass is 372 g/mol. The van der Waals surface area contributed by atoms with Crippen LogP contribution in [0.2, 0.25) is 5.02 Å². The highest BCUT2D eigenvalue weighted by molar-refractivity contribution is 7.80. The number of likely N-dealkylation sites (N-methyl/N-ethyl adjacent to an activating group) is 1. The van der Waals surface area contributed by atoms with Crippen molar-refractivity contribution < 1.29 is 9.53 Å². The second-order valence-corrected chi connectivity index (χ2v) is 7.50. The average molecular weight is 373 g/mol. The van der Waals surface area contributed by atoms with Gasteiger partial charge in [0.05, 0.1) is 0 Å². The zero-order valence-corrected chi connectivity index (χ0v) is 15.7. The number of thiocarbonyl (C=S) groups is 1. The summed E-state index contributed by atoms with van der Waals surface area (Å²) in [6.45, 7) is 3.88. The lowest BCUT2D eigenvalue weighted by molar-refractivity contribution is -0.129. The quantitative estimate of drug-likeness (QED) is 0.776. The molecule has 0 bridgehead atoms. The second kappa shape index (κ2) is 5.19. The summed E-state index contributed by atoms with van der Waals surface area (Å²) in [6.07, 6.45) is 0. The van der Waals surface area contributed by atoms with Crippen LogP contribution in [0.5, 0.6) is 0 Å². The van der Waals surface area contributed by atoms with Crippen molar-refractivity contribution in [2.45, 2.75) is 25.0 Å². The molecule has 0 aromatic heterocycles. The molecule has 2 atom stereocenters. The number of benzene rings is 2. The van der Waals surface area contributed by atoms with Crippen molar-refractivity contribution in [1.82, 2.24) is 5.32 Å². The number of fused-ring (bicyclic) bond motifs is 2. The smallest absolute Gasteiger partial charge is 0.261 e. The molecule has 25 heavy (non-hydrogen) atoms. The number of anilines is 1. The van der Waals surface area contributed by atoms with Crippen LogP contribution in [0.3, 0.4) is 0 Å². The van der Waals surface area contributed by atoms with Gasteiger partial charge in [0.25, 0.3) is 11.1 Å². The van der Waals surface area contributed by atoms with E-state index in [1.54, 1.807) is 18.0 Å². The van der Waals surface area contributed by atoms with Crippen LogP contribution >= 0.6 is 23.8 Å². The van der Waals surface area contributed by atoms with Crippen LogP contribution < -0.4 is 10.2 Å². The summed E-state index contributed by atoms with van der Waals surface area (Å²) in [5, 5.41) is 3.97. The van der Waals surface area contributed by atoms with E-state index in [0.717, 1.165) is 22.4 Å². The minimum Gasteiger partial charge on any atom is -0.456 e. The summed E-state index contributed by atoms with van der Waals surface area (Å²) in [5.41, 5.74) is 1.44. The van der Waals surface area contributed by atoms with E-state index in [1.807, 2.05) is 50.2 Å². The van der Waals surface area contributed by atoms with E-state index in [-0.39, 0.29) is 11.1 Å². The normalized spacial score (nSPS) is 27.4. The number of hydrogen-bond acceptors (Lipinski definition) is 3. The first kappa shape index (κ1) is 16.4. The fourth-order valence-electron chi connectivity index (χ4n) is 3.92. The topological polar surface area (TPSA) is 41.6 Å². The molecular formula is C19H17ClN2O2S. The molecule has 0 radical (unpaired) electrons. The van der Waals surface area contributed by atoms with Crippen LogP contribution in [0.4, 0.5) is 5.69 Å². The molecule has 1 N–H and O–H groups in total. The zero-order valence-electron chi connectivity index (χ0n) is 14.1. The van der Waals surface area contributed by atoms with Gasteiger partial charge in [-0.05, 0) is 49.8 Å². The van der Waals surface area contributed by atoms with Crippen molar-refractivity contribution >= 4 is 40.6 Å². The van der Waals surface area contributed by atoms with E-state index in [0.29, 0.717) is 5.02 Å². The number of halogens is 1. The molecule has 2 aromatic rings. The Balaban J connectivity index is 2.04. The van der Waals surface area contributed by atoms with E-state index >= 15 is 0 Å². The summed E-state index contributed by atoms with van der Waals surface area (Å²) in [7, 11) is 1.77. The molecule has 1 saturated heterocycles. The molecule has 1 spiro atoms. The van der Waals surface area contributed by atoms with Crippen LogP contribution in [0, 0.1) is 6.92 Å². The van der Waals surface area contributed by atoms with Crippen molar-refractivity contribution in [3.63, 3.8) is 0 Å². The minimum atomic E-state index is -1.12. The molecule has 0 aliphatic carbocycles. The van der Waals surface area contributed by atoms with Crippen molar-refractivity contribution in [1.29, 1.82) is 0 Å². The number of nitrogens with one attached hydrogen (secondary N) is 1. The van der Waals surface area contributed by atoms with Gasteiger partial charge in [0.1, 0.15) is 0 Å². The Labute approximate surface area is 156 Å². The molecule has 2 aromatic carbocycles. The molecule has 1 amide bonds. The number of nitrogens with zero attached hydrogens (tertiary/aromatic N) is 1. The number of hydrogen-bond donors (Lipinski definition) is 1. The van der Waals surface area contributed by atoms with Crippen molar-refractivity contribution in [3.05, 3.63) is 64.2 Å². The van der Waals surface area contributed by atoms with Crippen molar-refractivity contribution in [3.8, 4) is 0 Å². The second-order valence-electron chi connectivity index (χ2n) is 6.69. The van der Waals surface area contributed by atoms with Crippen LogP contribution in [-0.4, -0.2) is 18.1 Å². The fraction of sp³-hybridized carbons (Fsp3) is 0.263. The standard InChI is InChI=1S/C19H17ClN2O2S/c1-11-7-8-15-14(9-11)19(16(23)22(15)3)18(2,24-17(25)21-19)12-5-4-6-13(20)10-12/h4-10H,1-3H3,(H,21,25)/t18-,19+/m0/s1. The van der Waals surface area contributed by atoms with E-state index in [4.69, 9.17) is 28.6 Å². The van der Waals surface area contributed by atoms with Gasteiger partial charge in [0.15, 0.2) is 11.1 Å². The zero-order chi connectivity index (χ0) is 18.0. The molecule has 2 aliphatic rings. The van der Waals surface area contributed by atoms with Gasteiger partial charge in [-0.25, -0.2) is 0 Å². The average Bonchev–Trinajstić information content (AvgIpc) is 2.96. The Morgan fingerprint density at radius 2 is 2.00 bits per heavy atom. The molecule has 2 heterocycles. The molecule has 6 heteroatoms. The SMILES string of the molecule is Cc1ccc2c(c1)[C@@]1(NC(=S)O[C@@]1(C)c1cccc(Cl)c1)C(=O)N2C. The Bertz CT molecular complexity index is 931. The lowest BCUT2D eigenvalue weighted by Gasteiger charge is -2.37. The number of rotatable bonds is 1. The summed E-state index contributed by atoms with van der Waals surface area (Å²) in [4.78, 5) is 15.1. The minimum absolute atomic E-state index is 0.101. The third kappa shape index (κ3) is 1.99. The van der Waals surface area contributed by atoms with Crippen LogP contribution in [0.1, 0.15) is 23.6 Å². The van der Waals surface area contributed by atoms with E-state index in [1.165, 1.54) is 0 Å². The van der Waals surface area contributed by atoms with Crippen LogP contribution in [-0.2, 0) is 20.7 Å². The number of aryl methyl sites for hydroxylation is 1. The lowest BCUT2D eigenvalue weighted by Crippen LogP contribution is -2.57. The van der Waals surface area contributed by atoms with Gasteiger partial charge in [-0.2, -0.15) is 0 Å². The van der Waals surface area contributed by atoms with Crippen LogP contribution in [0.25, 0.3) is 0 Å². The highest BCUT2D eigenvalue weighted by Crippen LogP contribution is 2.54. The first-order valence-corrected chi connectivity index (χ1v) is 8.75. The molecular weight excluding hydrogens is 356 g/mol. The third-order valence-electron chi connectivity index (χ3n) is 5.22. The van der Waals surface area contributed by atoms with Gasteiger partial charge in [-0.1, -0.05) is 41.4 Å². The van der Waals surface area contributed by atoms with E-state index < -0.39 is 11.1 Å². The molecule has 4 nitrogen and oxygen atoms in total. The maximum atomic E-state index is 13.4. The van der Waals surface area contributed by atoms with Gasteiger partial charge in [0, 0.05) is 23.3 Å². The number of carbonyl (C=O) groups excluding carboxylic acids is 1. The molecule has 0 saturated carbocycles. The van der Waals surface area contributed by atoms with Crippen LogP contribution in [0.15, 0.2) is 42.5 Å². The van der Waals surface area contributed by atoms with Gasteiger partial charge >= 0.3 is 0 Å². The Hall–Kier alpha value is -2.11. The van der Waals surface area contributed by atoms with Crippen molar-refractivity contribution in [2.75, 3.05) is 11.9 Å². The highest BCUT2D eigenvalue weighted by atomic mass is 35.5. The fourth-order valence-corrected chi connectivity index (χ4v) is 4.43. The number of ether oxygens (including phenoxy) is 1. The van der Waals surface area contributed by atoms with Gasteiger partial charge in [0.2, 0.25) is 0 Å². The lowest BCUT2D eigenvalue weighted by atomic mass is 9.73. The Morgan fingerprint density at radius 1 is 1.24 bits per heavy atom. The van der Waals surface area contributed by atoms with Gasteiger partial charge < -0.3 is 15.0 Å². The van der Waals surface area contributed by atoms with Gasteiger partial charge in [-0.3, -0.25) is 4.79 Å². The summed E-state index contributed by atoms with van der Waals surface area (Å²) < 4.78 is 6.06.